The summed E-state index contributed by atoms with van der Waals surface area (Å²) in [6, 6.07) is 9.45. The summed E-state index contributed by atoms with van der Waals surface area (Å²) in [7, 11) is 3.33. The van der Waals surface area contributed by atoms with Crippen LogP contribution in [0.4, 0.5) is 25.1 Å². The van der Waals surface area contributed by atoms with Crippen LogP contribution in [-0.4, -0.2) is 53.5 Å². The maximum atomic E-state index is 12.4. The zero-order valence-corrected chi connectivity index (χ0v) is 17.7. The van der Waals surface area contributed by atoms with E-state index in [1.807, 2.05) is 0 Å². The number of hydrogen-bond acceptors (Lipinski definition) is 7. The van der Waals surface area contributed by atoms with Crippen molar-refractivity contribution in [3.63, 3.8) is 0 Å². The van der Waals surface area contributed by atoms with E-state index in [1.165, 1.54) is 18.2 Å². The highest BCUT2D eigenvalue weighted by atomic mass is 19.4. The Balaban J connectivity index is 1.53. The van der Waals surface area contributed by atoms with E-state index in [0.29, 0.717) is 35.7 Å². The number of nitrogens with zero attached hydrogens (tertiary/aromatic N) is 3. The molecule has 0 unspecified atom stereocenters. The van der Waals surface area contributed by atoms with Crippen molar-refractivity contribution in [1.82, 2.24) is 19.9 Å². The number of hydrogen-bond donors (Lipinski definition) is 2. The molecule has 0 saturated heterocycles. The van der Waals surface area contributed by atoms with Crippen LogP contribution in [0.2, 0.25) is 0 Å². The topological polar surface area (TPSA) is 103 Å². The van der Waals surface area contributed by atoms with Crippen LogP contribution in [0, 0.1) is 0 Å². The third-order valence-corrected chi connectivity index (χ3v) is 4.72. The molecule has 0 fully saturated rings. The first kappa shape index (κ1) is 22.4. The van der Waals surface area contributed by atoms with Crippen LogP contribution in [-0.2, 0) is 11.8 Å². The second kappa shape index (κ2) is 8.98. The fourth-order valence-corrected chi connectivity index (χ4v) is 3.13. The molecule has 2 aromatic carbocycles. The van der Waals surface area contributed by atoms with E-state index in [1.54, 1.807) is 36.9 Å². The van der Waals surface area contributed by atoms with Crippen molar-refractivity contribution in [2.75, 3.05) is 32.2 Å². The number of alkyl halides is 3. The minimum absolute atomic E-state index is 0.0153. The highest BCUT2D eigenvalue weighted by Crippen LogP contribution is 2.28. The van der Waals surface area contributed by atoms with Gasteiger partial charge in [-0.1, -0.05) is 0 Å². The molecule has 0 radical (unpaired) electrons. The number of aryl methyl sites for hydroxylation is 1. The fraction of sp³-hybridized carbons (Fsp3) is 0.286. The zero-order chi connectivity index (χ0) is 23.6. The van der Waals surface area contributed by atoms with Gasteiger partial charge in [0, 0.05) is 32.3 Å². The summed E-state index contributed by atoms with van der Waals surface area (Å²) in [6.45, 7) is -0.598. The summed E-state index contributed by atoms with van der Waals surface area (Å²) in [5.74, 6) is 0.181. The van der Waals surface area contributed by atoms with E-state index in [-0.39, 0.29) is 23.3 Å². The Kier molecular flexibility index (Phi) is 6.09. The number of carbonyl (C=O) groups excluding carboxylic acids is 1. The van der Waals surface area contributed by atoms with Gasteiger partial charge < -0.3 is 23.8 Å². The monoisotopic (exact) mass is 463 g/mol. The first-order valence-electron chi connectivity index (χ1n) is 9.84. The van der Waals surface area contributed by atoms with Gasteiger partial charge in [-0.15, -0.1) is 0 Å². The Bertz CT molecular complexity index is 1300. The van der Waals surface area contributed by atoms with Crippen LogP contribution in [0.1, 0.15) is 10.4 Å². The molecule has 2 aromatic heterocycles. The Hall–Kier alpha value is -3.80. The predicted molar refractivity (Wildman–Crippen MR) is 114 cm³/mol. The van der Waals surface area contributed by atoms with Gasteiger partial charge in [0.1, 0.15) is 11.3 Å². The summed E-state index contributed by atoms with van der Waals surface area (Å²) >= 11 is 0. The van der Waals surface area contributed by atoms with Crippen LogP contribution in [0.5, 0.6) is 5.75 Å². The molecule has 0 saturated carbocycles. The molecule has 2 heterocycles. The largest absolute Gasteiger partial charge is 0.484 e. The number of benzene rings is 2. The molecule has 12 heteroatoms. The molecule has 4 aromatic rings. The number of carbonyl (C=O) groups is 1. The number of aromatic nitrogens is 3. The molecule has 0 aliphatic heterocycles. The molecule has 2 N–H and O–H groups in total. The quantitative estimate of drug-likeness (QED) is 0.384. The highest BCUT2D eigenvalue weighted by Gasteiger charge is 2.28. The highest BCUT2D eigenvalue weighted by molar-refractivity contribution is 5.97. The van der Waals surface area contributed by atoms with Crippen LogP contribution < -0.4 is 15.4 Å². The van der Waals surface area contributed by atoms with E-state index < -0.39 is 12.8 Å². The SMILES string of the molecule is COCCNC(=O)c1ccc2c(c1)nc(Nc1nc3ccc(OCC(F)(F)F)cc3o1)n2C. The van der Waals surface area contributed by atoms with Gasteiger partial charge in [0.2, 0.25) is 5.95 Å². The van der Waals surface area contributed by atoms with E-state index in [4.69, 9.17) is 13.9 Å². The molecule has 33 heavy (non-hydrogen) atoms. The number of anilines is 2. The number of ether oxygens (including phenoxy) is 2. The van der Waals surface area contributed by atoms with Crippen LogP contribution >= 0.6 is 0 Å². The minimum Gasteiger partial charge on any atom is -0.484 e. The van der Waals surface area contributed by atoms with Crippen molar-refractivity contribution in [3.8, 4) is 5.75 Å². The summed E-state index contributed by atoms with van der Waals surface area (Å²) in [5, 5.41) is 5.70. The van der Waals surface area contributed by atoms with E-state index in [2.05, 4.69) is 20.6 Å². The fourth-order valence-electron chi connectivity index (χ4n) is 3.13. The van der Waals surface area contributed by atoms with Gasteiger partial charge in [0.05, 0.1) is 17.6 Å². The molecular formula is C21H20F3N5O4. The molecule has 0 aliphatic rings. The number of methoxy groups -OCH3 is 1. The summed E-state index contributed by atoms with van der Waals surface area (Å²) < 4.78 is 54.1. The number of amides is 1. The standard InChI is InChI=1S/C21H20F3N5O4/c1-29-16-6-3-12(18(30)25-7-8-31-2)9-15(16)26-19(29)28-20-27-14-5-4-13(10-17(14)33-20)32-11-21(22,23)24/h3-6,9-10H,7-8,11H2,1-2H3,(H,25,30)(H,26,27,28). The van der Waals surface area contributed by atoms with Gasteiger partial charge in [0.15, 0.2) is 12.2 Å². The van der Waals surface area contributed by atoms with Gasteiger partial charge in [-0.25, -0.2) is 4.98 Å². The molecule has 0 spiro atoms. The van der Waals surface area contributed by atoms with E-state index in [0.717, 1.165) is 5.52 Å². The van der Waals surface area contributed by atoms with Gasteiger partial charge >= 0.3 is 12.2 Å². The normalized spacial score (nSPS) is 11.8. The second-order valence-corrected chi connectivity index (χ2v) is 7.12. The van der Waals surface area contributed by atoms with E-state index >= 15 is 0 Å². The van der Waals surface area contributed by atoms with Crippen molar-refractivity contribution in [2.45, 2.75) is 6.18 Å². The number of imidazole rings is 1. The summed E-state index contributed by atoms with van der Waals surface area (Å²) in [6.07, 6.45) is -4.44. The van der Waals surface area contributed by atoms with Crippen LogP contribution in [0.25, 0.3) is 22.1 Å². The van der Waals surface area contributed by atoms with Gasteiger partial charge in [-0.3, -0.25) is 10.1 Å². The first-order chi connectivity index (χ1) is 15.7. The Morgan fingerprint density at radius 2 is 1.97 bits per heavy atom. The van der Waals surface area contributed by atoms with E-state index in [9.17, 15) is 18.0 Å². The second-order valence-electron chi connectivity index (χ2n) is 7.12. The van der Waals surface area contributed by atoms with Crippen LogP contribution in [0.15, 0.2) is 40.8 Å². The molecule has 4 rings (SSSR count). The molecule has 174 valence electrons. The van der Waals surface area contributed by atoms with Crippen molar-refractivity contribution in [1.29, 1.82) is 0 Å². The van der Waals surface area contributed by atoms with Crippen molar-refractivity contribution in [2.24, 2.45) is 7.05 Å². The molecule has 1 amide bonds. The maximum Gasteiger partial charge on any atom is 0.422 e. The number of halogens is 3. The lowest BCUT2D eigenvalue weighted by atomic mass is 10.2. The maximum absolute atomic E-state index is 12.4. The number of nitrogens with one attached hydrogen (secondary N) is 2. The number of fused-ring (bicyclic) bond motifs is 2. The van der Waals surface area contributed by atoms with Gasteiger partial charge in [0.25, 0.3) is 5.91 Å². The minimum atomic E-state index is -4.44. The Morgan fingerprint density at radius 1 is 1.15 bits per heavy atom. The van der Waals surface area contributed by atoms with Crippen molar-refractivity contribution >= 4 is 40.0 Å². The first-order valence-corrected chi connectivity index (χ1v) is 9.84. The molecule has 0 bridgehead atoms. The smallest absolute Gasteiger partial charge is 0.422 e. The zero-order valence-electron chi connectivity index (χ0n) is 17.7. The van der Waals surface area contributed by atoms with Crippen LogP contribution in [0.3, 0.4) is 0 Å². The Labute approximate surface area is 185 Å². The molecule has 9 nitrogen and oxygen atoms in total. The average molecular weight is 463 g/mol. The van der Waals surface area contributed by atoms with Gasteiger partial charge in [-0.2, -0.15) is 18.2 Å². The number of rotatable bonds is 8. The lowest BCUT2D eigenvalue weighted by molar-refractivity contribution is -0.153. The van der Waals surface area contributed by atoms with Crippen molar-refractivity contribution < 1.29 is 31.9 Å². The lowest BCUT2D eigenvalue weighted by Gasteiger charge is -2.08. The molecular weight excluding hydrogens is 443 g/mol. The van der Waals surface area contributed by atoms with Gasteiger partial charge in [-0.05, 0) is 30.3 Å². The summed E-state index contributed by atoms with van der Waals surface area (Å²) in [4.78, 5) is 21.0. The third kappa shape index (κ3) is 5.17. The predicted octanol–water partition coefficient (Wildman–Crippen LogP) is 3.78. The molecule has 0 aliphatic carbocycles. The number of oxazole rings is 1. The summed E-state index contributed by atoms with van der Waals surface area (Å²) in [5.41, 5.74) is 2.50. The molecule has 0 atom stereocenters. The average Bonchev–Trinajstić information content (AvgIpc) is 3.31. The van der Waals surface area contributed by atoms with Crippen molar-refractivity contribution in [3.05, 3.63) is 42.0 Å². The Morgan fingerprint density at radius 3 is 2.73 bits per heavy atom. The lowest BCUT2D eigenvalue weighted by Crippen LogP contribution is -2.26. The third-order valence-electron chi connectivity index (χ3n) is 4.72.